The van der Waals surface area contributed by atoms with Gasteiger partial charge in [0.2, 0.25) is 0 Å². The SMILES string of the molecule is CN(C)CCCNC(=O)c1ccc(-c2cnc(N)c(-c3nc4ccccc4[nH]3)n2)cc1. The van der Waals surface area contributed by atoms with E-state index in [9.17, 15) is 4.79 Å². The number of anilines is 1. The third kappa shape index (κ3) is 4.70. The number of nitrogen functional groups attached to an aromatic ring is 1. The Morgan fingerprint density at radius 1 is 1.10 bits per heavy atom. The number of rotatable bonds is 7. The van der Waals surface area contributed by atoms with Crippen LogP contribution in [0.25, 0.3) is 33.8 Å². The monoisotopic (exact) mass is 415 g/mol. The van der Waals surface area contributed by atoms with Crippen molar-refractivity contribution in [3.8, 4) is 22.8 Å². The van der Waals surface area contributed by atoms with Crippen LogP contribution in [-0.2, 0) is 0 Å². The van der Waals surface area contributed by atoms with Crippen LogP contribution in [-0.4, -0.2) is 57.9 Å². The smallest absolute Gasteiger partial charge is 0.251 e. The third-order valence-electron chi connectivity index (χ3n) is 4.92. The van der Waals surface area contributed by atoms with E-state index in [0.29, 0.717) is 35.1 Å². The minimum Gasteiger partial charge on any atom is -0.382 e. The number of aromatic amines is 1. The van der Waals surface area contributed by atoms with Gasteiger partial charge in [0.1, 0.15) is 5.69 Å². The van der Waals surface area contributed by atoms with Gasteiger partial charge in [-0.05, 0) is 51.3 Å². The maximum absolute atomic E-state index is 12.3. The molecule has 0 radical (unpaired) electrons. The van der Waals surface area contributed by atoms with E-state index in [0.717, 1.165) is 29.6 Å². The third-order valence-corrected chi connectivity index (χ3v) is 4.92. The van der Waals surface area contributed by atoms with Crippen molar-refractivity contribution in [3.63, 3.8) is 0 Å². The number of imidazole rings is 1. The van der Waals surface area contributed by atoms with Gasteiger partial charge in [-0.15, -0.1) is 0 Å². The molecule has 4 N–H and O–H groups in total. The zero-order chi connectivity index (χ0) is 21.8. The Bertz CT molecular complexity index is 1170. The van der Waals surface area contributed by atoms with Gasteiger partial charge in [0.25, 0.3) is 5.91 Å². The molecule has 31 heavy (non-hydrogen) atoms. The van der Waals surface area contributed by atoms with Gasteiger partial charge in [-0.2, -0.15) is 0 Å². The first kappa shape index (κ1) is 20.5. The minimum atomic E-state index is -0.0864. The summed E-state index contributed by atoms with van der Waals surface area (Å²) >= 11 is 0. The topological polar surface area (TPSA) is 113 Å². The van der Waals surface area contributed by atoms with Crippen LogP contribution in [0, 0.1) is 0 Å². The molecule has 4 aromatic rings. The van der Waals surface area contributed by atoms with E-state index < -0.39 is 0 Å². The zero-order valence-corrected chi connectivity index (χ0v) is 17.6. The fourth-order valence-electron chi connectivity index (χ4n) is 3.27. The normalized spacial score (nSPS) is 11.2. The molecule has 8 heteroatoms. The van der Waals surface area contributed by atoms with Crippen LogP contribution in [0.15, 0.2) is 54.7 Å². The summed E-state index contributed by atoms with van der Waals surface area (Å²) < 4.78 is 0. The van der Waals surface area contributed by atoms with Gasteiger partial charge in [-0.1, -0.05) is 24.3 Å². The number of benzene rings is 2. The summed E-state index contributed by atoms with van der Waals surface area (Å²) in [5, 5.41) is 2.94. The van der Waals surface area contributed by atoms with E-state index >= 15 is 0 Å². The van der Waals surface area contributed by atoms with Gasteiger partial charge >= 0.3 is 0 Å². The molecule has 0 fully saturated rings. The highest BCUT2D eigenvalue weighted by molar-refractivity contribution is 5.94. The molecule has 4 rings (SSSR count). The van der Waals surface area contributed by atoms with E-state index in [1.54, 1.807) is 18.3 Å². The van der Waals surface area contributed by atoms with Gasteiger partial charge in [-0.3, -0.25) is 4.79 Å². The molecule has 8 nitrogen and oxygen atoms in total. The number of aromatic nitrogens is 4. The van der Waals surface area contributed by atoms with Crippen molar-refractivity contribution in [3.05, 3.63) is 60.3 Å². The first-order chi connectivity index (χ1) is 15.0. The molecular weight excluding hydrogens is 390 g/mol. The van der Waals surface area contributed by atoms with Crippen LogP contribution < -0.4 is 11.1 Å². The molecule has 0 aliphatic heterocycles. The second-order valence-electron chi connectivity index (χ2n) is 7.58. The van der Waals surface area contributed by atoms with Crippen molar-refractivity contribution in [1.29, 1.82) is 0 Å². The summed E-state index contributed by atoms with van der Waals surface area (Å²) in [6.07, 6.45) is 2.53. The van der Waals surface area contributed by atoms with Crippen LogP contribution in [0.3, 0.4) is 0 Å². The summed E-state index contributed by atoms with van der Waals surface area (Å²) in [6.45, 7) is 1.58. The average Bonchev–Trinajstić information content (AvgIpc) is 3.21. The Morgan fingerprint density at radius 2 is 1.87 bits per heavy atom. The van der Waals surface area contributed by atoms with Crippen molar-refractivity contribution in [2.24, 2.45) is 0 Å². The minimum absolute atomic E-state index is 0.0864. The van der Waals surface area contributed by atoms with Crippen LogP contribution >= 0.6 is 0 Å². The van der Waals surface area contributed by atoms with Gasteiger partial charge < -0.3 is 20.9 Å². The Kier molecular flexibility index (Phi) is 5.90. The molecular formula is C23H25N7O. The highest BCUT2D eigenvalue weighted by Crippen LogP contribution is 2.26. The highest BCUT2D eigenvalue weighted by Gasteiger charge is 2.13. The molecule has 2 aromatic carbocycles. The summed E-state index contributed by atoms with van der Waals surface area (Å²) in [4.78, 5) is 31.2. The van der Waals surface area contributed by atoms with Gasteiger partial charge in [0.15, 0.2) is 11.6 Å². The molecule has 1 amide bonds. The quantitative estimate of drug-likeness (QED) is 0.400. The van der Waals surface area contributed by atoms with Crippen LogP contribution in [0.1, 0.15) is 16.8 Å². The molecule has 0 spiro atoms. The summed E-state index contributed by atoms with van der Waals surface area (Å²) in [5.41, 5.74) is 10.4. The number of hydrogen-bond acceptors (Lipinski definition) is 6. The fourth-order valence-corrected chi connectivity index (χ4v) is 3.27. The average molecular weight is 416 g/mol. The molecule has 0 saturated heterocycles. The predicted octanol–water partition coefficient (Wildman–Crippen LogP) is 2.95. The lowest BCUT2D eigenvalue weighted by Gasteiger charge is -2.10. The number of nitrogens with two attached hydrogens (primary N) is 1. The number of amides is 1. The van der Waals surface area contributed by atoms with E-state index in [1.165, 1.54) is 0 Å². The summed E-state index contributed by atoms with van der Waals surface area (Å²) in [6, 6.07) is 15.0. The van der Waals surface area contributed by atoms with Crippen molar-refractivity contribution in [2.75, 3.05) is 32.9 Å². The lowest BCUT2D eigenvalue weighted by atomic mass is 10.1. The summed E-state index contributed by atoms with van der Waals surface area (Å²) in [7, 11) is 4.03. The van der Waals surface area contributed by atoms with Crippen LogP contribution in [0.4, 0.5) is 5.82 Å². The zero-order valence-electron chi connectivity index (χ0n) is 17.6. The van der Waals surface area contributed by atoms with Gasteiger partial charge in [0, 0.05) is 17.7 Å². The molecule has 158 valence electrons. The molecule has 0 saturated carbocycles. The second kappa shape index (κ2) is 8.93. The number of carbonyl (C=O) groups is 1. The first-order valence-corrected chi connectivity index (χ1v) is 10.1. The molecule has 0 atom stereocenters. The number of para-hydroxylation sites is 2. The van der Waals surface area contributed by atoms with Crippen molar-refractivity contribution >= 4 is 22.8 Å². The maximum atomic E-state index is 12.3. The molecule has 0 bridgehead atoms. The molecule has 0 unspecified atom stereocenters. The Morgan fingerprint density at radius 3 is 2.61 bits per heavy atom. The van der Waals surface area contributed by atoms with Crippen molar-refractivity contribution in [1.82, 2.24) is 30.2 Å². The molecule has 0 aliphatic carbocycles. The Labute approximate surface area is 180 Å². The number of nitrogens with zero attached hydrogens (tertiary/aromatic N) is 4. The number of nitrogens with one attached hydrogen (secondary N) is 2. The van der Waals surface area contributed by atoms with E-state index in [-0.39, 0.29) is 5.91 Å². The largest absolute Gasteiger partial charge is 0.382 e. The molecule has 2 aromatic heterocycles. The van der Waals surface area contributed by atoms with Crippen molar-refractivity contribution in [2.45, 2.75) is 6.42 Å². The lowest BCUT2D eigenvalue weighted by molar-refractivity contribution is 0.0952. The number of carbonyl (C=O) groups excluding carboxylic acids is 1. The number of hydrogen-bond donors (Lipinski definition) is 3. The Hall–Kier alpha value is -3.78. The molecule has 0 aliphatic rings. The van der Waals surface area contributed by atoms with Gasteiger partial charge in [0.05, 0.1) is 22.9 Å². The lowest BCUT2D eigenvalue weighted by Crippen LogP contribution is -2.27. The molecule has 2 heterocycles. The number of fused-ring (bicyclic) bond motifs is 1. The standard InChI is InChI=1S/C23H25N7O/c1-30(2)13-5-12-25-23(31)16-10-8-15(9-11-16)19-14-26-21(24)20(27-19)22-28-17-6-3-4-7-18(17)29-22/h3-4,6-11,14H,5,12-13H2,1-2H3,(H2,24,26)(H,25,31)(H,28,29). The highest BCUT2D eigenvalue weighted by atomic mass is 16.1. The maximum Gasteiger partial charge on any atom is 0.251 e. The van der Waals surface area contributed by atoms with E-state index in [4.69, 9.17) is 5.73 Å². The predicted molar refractivity (Wildman–Crippen MR) is 122 cm³/mol. The van der Waals surface area contributed by atoms with E-state index in [2.05, 4.69) is 30.2 Å². The first-order valence-electron chi connectivity index (χ1n) is 10.1. The Balaban J connectivity index is 1.52. The second-order valence-corrected chi connectivity index (χ2v) is 7.58. The summed E-state index contributed by atoms with van der Waals surface area (Å²) in [5.74, 6) is 0.787. The van der Waals surface area contributed by atoms with Crippen LogP contribution in [0.5, 0.6) is 0 Å². The fraction of sp³-hybridized carbons (Fsp3) is 0.217. The van der Waals surface area contributed by atoms with Crippen LogP contribution in [0.2, 0.25) is 0 Å². The van der Waals surface area contributed by atoms with Gasteiger partial charge in [-0.25, -0.2) is 15.0 Å². The van der Waals surface area contributed by atoms with Crippen molar-refractivity contribution < 1.29 is 4.79 Å². The number of H-pyrrole nitrogens is 1. The van der Waals surface area contributed by atoms with E-state index in [1.807, 2.05) is 50.5 Å².